The lowest BCUT2D eigenvalue weighted by Gasteiger charge is -2.14. The van der Waals surface area contributed by atoms with Gasteiger partial charge >= 0.3 is 11.7 Å². The molecule has 7 heteroatoms. The summed E-state index contributed by atoms with van der Waals surface area (Å²) in [7, 11) is 0. The number of ether oxygens (including phenoxy) is 1. The first kappa shape index (κ1) is 14.9. The number of benzene rings is 1. The number of rotatable bonds is 7. The zero-order valence-corrected chi connectivity index (χ0v) is 10.3. The largest absolute Gasteiger partial charge is 0.479 e. The molecule has 1 unspecified atom stereocenters. The second-order valence-electron chi connectivity index (χ2n) is 3.96. The van der Waals surface area contributed by atoms with Gasteiger partial charge in [0.15, 0.2) is 6.10 Å². The average molecular weight is 271 g/mol. The number of nitro groups is 1. The van der Waals surface area contributed by atoms with E-state index >= 15 is 0 Å². The van der Waals surface area contributed by atoms with E-state index in [0.717, 1.165) is 18.6 Å². The Morgan fingerprint density at radius 2 is 2.26 bits per heavy atom. The molecule has 0 spiro atoms. The van der Waals surface area contributed by atoms with Gasteiger partial charge in [0.1, 0.15) is 5.75 Å². The summed E-state index contributed by atoms with van der Waals surface area (Å²) in [6, 6.07) is 2.95. The number of nitrogens with zero attached hydrogens (tertiary/aromatic N) is 1. The van der Waals surface area contributed by atoms with E-state index in [1.807, 2.05) is 6.92 Å². The van der Waals surface area contributed by atoms with Crippen LogP contribution in [0.15, 0.2) is 18.2 Å². The molecule has 104 valence electrons. The standard InChI is InChI=1S/C12H14FNO5/c1-2-3-4-11(12(15)16)19-8-5-6-10(14(17)18)9(13)7-8/h5-7,11H,2-4H2,1H3,(H,15,16). The van der Waals surface area contributed by atoms with Gasteiger partial charge in [0, 0.05) is 12.1 Å². The van der Waals surface area contributed by atoms with E-state index in [2.05, 4.69) is 0 Å². The third kappa shape index (κ3) is 4.20. The van der Waals surface area contributed by atoms with E-state index in [1.165, 1.54) is 6.07 Å². The zero-order valence-electron chi connectivity index (χ0n) is 10.3. The predicted octanol–water partition coefficient (Wildman–Crippen LogP) is 2.76. The molecule has 0 fully saturated rings. The normalized spacial score (nSPS) is 11.9. The van der Waals surface area contributed by atoms with Crippen LogP contribution in [-0.4, -0.2) is 22.1 Å². The number of hydrogen-bond acceptors (Lipinski definition) is 4. The Labute approximate surface area is 109 Å². The fourth-order valence-corrected chi connectivity index (χ4v) is 1.50. The summed E-state index contributed by atoms with van der Waals surface area (Å²) < 4.78 is 18.5. The smallest absolute Gasteiger partial charge is 0.344 e. The summed E-state index contributed by atoms with van der Waals surface area (Å²) in [5.74, 6) is -2.24. The van der Waals surface area contributed by atoms with Crippen LogP contribution in [0.1, 0.15) is 26.2 Å². The van der Waals surface area contributed by atoms with E-state index in [4.69, 9.17) is 9.84 Å². The van der Waals surface area contributed by atoms with E-state index in [-0.39, 0.29) is 5.75 Å². The number of carbonyl (C=O) groups is 1. The van der Waals surface area contributed by atoms with Gasteiger partial charge in [0.2, 0.25) is 5.82 Å². The number of carboxylic acids is 1. The van der Waals surface area contributed by atoms with Crippen molar-refractivity contribution < 1.29 is 24.0 Å². The maximum atomic E-state index is 13.3. The highest BCUT2D eigenvalue weighted by Gasteiger charge is 2.21. The van der Waals surface area contributed by atoms with Crippen molar-refractivity contribution in [3.05, 3.63) is 34.1 Å². The molecule has 0 heterocycles. The number of nitro benzene ring substituents is 1. The molecule has 0 aliphatic carbocycles. The first-order valence-corrected chi connectivity index (χ1v) is 5.79. The molecule has 1 aromatic rings. The van der Waals surface area contributed by atoms with Crippen LogP contribution < -0.4 is 4.74 Å². The quantitative estimate of drug-likeness (QED) is 0.608. The van der Waals surface area contributed by atoms with Crippen LogP contribution in [0.5, 0.6) is 5.75 Å². The fraction of sp³-hybridized carbons (Fsp3) is 0.417. The number of unbranched alkanes of at least 4 members (excludes halogenated alkanes) is 1. The lowest BCUT2D eigenvalue weighted by atomic mass is 10.1. The first-order valence-electron chi connectivity index (χ1n) is 5.79. The maximum absolute atomic E-state index is 13.3. The van der Waals surface area contributed by atoms with E-state index in [0.29, 0.717) is 12.8 Å². The summed E-state index contributed by atoms with van der Waals surface area (Å²) in [5.41, 5.74) is -0.673. The summed E-state index contributed by atoms with van der Waals surface area (Å²) in [6.07, 6.45) is 0.680. The molecule has 0 amide bonds. The second-order valence-corrected chi connectivity index (χ2v) is 3.96. The van der Waals surface area contributed by atoms with Crippen LogP contribution in [0.2, 0.25) is 0 Å². The highest BCUT2D eigenvalue weighted by molar-refractivity contribution is 5.72. The lowest BCUT2D eigenvalue weighted by molar-refractivity contribution is -0.387. The Hall–Kier alpha value is -2.18. The molecule has 1 aromatic carbocycles. The number of aliphatic carboxylic acids is 1. The van der Waals surface area contributed by atoms with Crippen molar-refractivity contribution in [2.24, 2.45) is 0 Å². The van der Waals surface area contributed by atoms with Gasteiger partial charge in [-0.25, -0.2) is 4.79 Å². The van der Waals surface area contributed by atoms with Crippen molar-refractivity contribution in [1.29, 1.82) is 0 Å². The Morgan fingerprint density at radius 1 is 1.58 bits per heavy atom. The monoisotopic (exact) mass is 271 g/mol. The van der Waals surface area contributed by atoms with Gasteiger partial charge in [-0.1, -0.05) is 13.3 Å². The van der Waals surface area contributed by atoms with Gasteiger partial charge in [0.25, 0.3) is 0 Å². The van der Waals surface area contributed by atoms with Gasteiger partial charge in [0.05, 0.1) is 4.92 Å². The van der Waals surface area contributed by atoms with Crippen molar-refractivity contribution >= 4 is 11.7 Å². The van der Waals surface area contributed by atoms with Gasteiger partial charge in [-0.2, -0.15) is 4.39 Å². The van der Waals surface area contributed by atoms with Gasteiger partial charge in [-0.3, -0.25) is 10.1 Å². The predicted molar refractivity (Wildman–Crippen MR) is 64.6 cm³/mol. The molecule has 6 nitrogen and oxygen atoms in total. The van der Waals surface area contributed by atoms with Crippen molar-refractivity contribution in [2.75, 3.05) is 0 Å². The summed E-state index contributed by atoms with van der Waals surface area (Å²) >= 11 is 0. The second kappa shape index (κ2) is 6.67. The maximum Gasteiger partial charge on any atom is 0.344 e. The number of carboxylic acid groups (broad SMARTS) is 1. The highest BCUT2D eigenvalue weighted by Crippen LogP contribution is 2.23. The molecule has 0 aliphatic heterocycles. The number of hydrogen-bond donors (Lipinski definition) is 1. The van der Waals surface area contributed by atoms with Crippen LogP contribution >= 0.6 is 0 Å². The third-order valence-corrected chi connectivity index (χ3v) is 2.49. The molecule has 1 N–H and O–H groups in total. The van der Waals surface area contributed by atoms with Crippen molar-refractivity contribution in [3.8, 4) is 5.75 Å². The molecule has 19 heavy (non-hydrogen) atoms. The van der Waals surface area contributed by atoms with E-state index < -0.39 is 28.5 Å². The van der Waals surface area contributed by atoms with Gasteiger partial charge in [-0.15, -0.1) is 0 Å². The molecule has 0 aromatic heterocycles. The van der Waals surface area contributed by atoms with Crippen LogP contribution in [-0.2, 0) is 4.79 Å². The zero-order chi connectivity index (χ0) is 14.4. The van der Waals surface area contributed by atoms with Crippen LogP contribution in [0, 0.1) is 15.9 Å². The van der Waals surface area contributed by atoms with Gasteiger partial charge in [-0.05, 0) is 18.9 Å². The SMILES string of the molecule is CCCCC(Oc1ccc([N+](=O)[O-])c(F)c1)C(=O)O. The molecular formula is C12H14FNO5. The minimum Gasteiger partial charge on any atom is -0.479 e. The Balaban J connectivity index is 2.82. The molecule has 0 radical (unpaired) electrons. The summed E-state index contributed by atoms with van der Waals surface area (Å²) in [5, 5.41) is 19.4. The molecule has 1 rings (SSSR count). The minimum absolute atomic E-state index is 0.0356. The molecular weight excluding hydrogens is 257 g/mol. The van der Waals surface area contributed by atoms with Crippen LogP contribution in [0.3, 0.4) is 0 Å². The lowest BCUT2D eigenvalue weighted by Crippen LogP contribution is -2.26. The number of halogens is 1. The Bertz CT molecular complexity index is 477. The van der Waals surface area contributed by atoms with E-state index in [9.17, 15) is 19.3 Å². The minimum atomic E-state index is -1.15. The molecule has 0 aliphatic rings. The third-order valence-electron chi connectivity index (χ3n) is 2.49. The molecule has 0 saturated heterocycles. The fourth-order valence-electron chi connectivity index (χ4n) is 1.50. The van der Waals surface area contributed by atoms with Crippen molar-refractivity contribution in [3.63, 3.8) is 0 Å². The Kier molecular flexibility index (Phi) is 5.23. The summed E-state index contributed by atoms with van der Waals surface area (Å²) in [6.45, 7) is 1.91. The highest BCUT2D eigenvalue weighted by atomic mass is 19.1. The molecule has 1 atom stereocenters. The van der Waals surface area contributed by atoms with E-state index in [1.54, 1.807) is 0 Å². The summed E-state index contributed by atoms with van der Waals surface area (Å²) in [4.78, 5) is 20.5. The van der Waals surface area contributed by atoms with Crippen LogP contribution in [0.4, 0.5) is 10.1 Å². The Morgan fingerprint density at radius 3 is 2.74 bits per heavy atom. The van der Waals surface area contributed by atoms with Crippen molar-refractivity contribution in [1.82, 2.24) is 0 Å². The average Bonchev–Trinajstić information content (AvgIpc) is 2.33. The first-order chi connectivity index (χ1) is 8.95. The topological polar surface area (TPSA) is 89.7 Å². The van der Waals surface area contributed by atoms with Crippen molar-refractivity contribution in [2.45, 2.75) is 32.3 Å². The van der Waals surface area contributed by atoms with Crippen LogP contribution in [0.25, 0.3) is 0 Å². The molecule has 0 saturated carbocycles. The van der Waals surface area contributed by atoms with Gasteiger partial charge < -0.3 is 9.84 Å². The molecule has 0 bridgehead atoms.